The molecule has 146 valence electrons. The standard InChI is InChI=1S/C21H17N3O4S/c1-27-19-12(20(25)22-14-8-9-28-21(14)26)6-7-13-17(19)18(24-23-13)16-10-11-4-2-3-5-15(11)29-16/h2-7,10,14H,8-9H2,1H3,(H,22,25)(H,23,24). The van der Waals surface area contributed by atoms with Gasteiger partial charge in [-0.25, -0.2) is 4.79 Å². The number of hydrogen-bond acceptors (Lipinski definition) is 6. The van der Waals surface area contributed by atoms with Gasteiger partial charge in [0.15, 0.2) is 0 Å². The molecule has 5 rings (SSSR count). The van der Waals surface area contributed by atoms with Crippen molar-refractivity contribution in [2.45, 2.75) is 12.5 Å². The number of nitrogens with zero attached hydrogens (tertiary/aromatic N) is 1. The van der Waals surface area contributed by atoms with Crippen LogP contribution in [0.4, 0.5) is 0 Å². The Bertz CT molecular complexity index is 1230. The van der Waals surface area contributed by atoms with E-state index in [2.05, 4.69) is 33.7 Å². The van der Waals surface area contributed by atoms with Crippen molar-refractivity contribution >= 4 is 44.2 Å². The second kappa shape index (κ2) is 6.89. The summed E-state index contributed by atoms with van der Waals surface area (Å²) < 4.78 is 11.7. The van der Waals surface area contributed by atoms with Crippen LogP contribution in [0.2, 0.25) is 0 Å². The van der Waals surface area contributed by atoms with Gasteiger partial charge in [-0.05, 0) is 29.7 Å². The summed E-state index contributed by atoms with van der Waals surface area (Å²) in [4.78, 5) is 25.6. The number of methoxy groups -OCH3 is 1. The summed E-state index contributed by atoms with van der Waals surface area (Å²) in [5.41, 5.74) is 1.85. The lowest BCUT2D eigenvalue weighted by atomic mass is 10.1. The molecule has 2 aromatic carbocycles. The van der Waals surface area contributed by atoms with E-state index >= 15 is 0 Å². The second-order valence-corrected chi connectivity index (χ2v) is 7.85. The molecule has 2 N–H and O–H groups in total. The molecule has 29 heavy (non-hydrogen) atoms. The van der Waals surface area contributed by atoms with Crippen LogP contribution < -0.4 is 10.1 Å². The fraction of sp³-hybridized carbons (Fsp3) is 0.190. The fourth-order valence-electron chi connectivity index (χ4n) is 3.62. The first-order valence-electron chi connectivity index (χ1n) is 9.17. The highest BCUT2D eigenvalue weighted by Crippen LogP contribution is 2.40. The topological polar surface area (TPSA) is 93.3 Å². The number of aromatic nitrogens is 2. The van der Waals surface area contributed by atoms with Crippen molar-refractivity contribution in [3.05, 3.63) is 48.0 Å². The maximum atomic E-state index is 12.9. The number of benzene rings is 2. The maximum Gasteiger partial charge on any atom is 0.328 e. The van der Waals surface area contributed by atoms with Crippen LogP contribution in [0.3, 0.4) is 0 Å². The van der Waals surface area contributed by atoms with Crippen LogP contribution in [-0.2, 0) is 9.53 Å². The number of H-pyrrole nitrogens is 1. The van der Waals surface area contributed by atoms with Crippen molar-refractivity contribution in [3.63, 3.8) is 0 Å². The summed E-state index contributed by atoms with van der Waals surface area (Å²) in [6.45, 7) is 0.317. The molecule has 0 saturated carbocycles. The Kier molecular flexibility index (Phi) is 4.21. The Morgan fingerprint density at radius 3 is 2.93 bits per heavy atom. The van der Waals surface area contributed by atoms with Gasteiger partial charge in [0, 0.05) is 11.1 Å². The Hall–Kier alpha value is -3.39. The van der Waals surface area contributed by atoms with Gasteiger partial charge < -0.3 is 14.8 Å². The molecule has 0 aliphatic carbocycles. The first-order chi connectivity index (χ1) is 14.2. The molecule has 4 aromatic rings. The number of esters is 1. The number of carbonyl (C=O) groups is 2. The van der Waals surface area contributed by atoms with Gasteiger partial charge in [0.1, 0.15) is 11.8 Å². The number of nitrogens with one attached hydrogen (secondary N) is 2. The van der Waals surface area contributed by atoms with E-state index in [0.717, 1.165) is 26.0 Å². The van der Waals surface area contributed by atoms with Gasteiger partial charge in [-0.1, -0.05) is 18.2 Å². The van der Waals surface area contributed by atoms with Crippen molar-refractivity contribution in [3.8, 4) is 16.3 Å². The largest absolute Gasteiger partial charge is 0.495 e. The molecule has 1 aliphatic rings. The smallest absolute Gasteiger partial charge is 0.328 e. The van der Waals surface area contributed by atoms with Crippen molar-refractivity contribution < 1.29 is 19.1 Å². The summed E-state index contributed by atoms with van der Waals surface area (Å²) in [6, 6.07) is 13.0. The average Bonchev–Trinajstić information content (AvgIpc) is 3.44. The molecular weight excluding hydrogens is 390 g/mol. The second-order valence-electron chi connectivity index (χ2n) is 6.77. The van der Waals surface area contributed by atoms with Crippen LogP contribution >= 0.6 is 11.3 Å². The summed E-state index contributed by atoms with van der Waals surface area (Å²) in [5, 5.41) is 12.1. The zero-order valence-corrected chi connectivity index (χ0v) is 16.3. The lowest BCUT2D eigenvalue weighted by Gasteiger charge is -2.13. The van der Waals surface area contributed by atoms with E-state index in [-0.39, 0.29) is 5.91 Å². The molecule has 1 fully saturated rings. The molecule has 1 amide bonds. The highest BCUT2D eigenvalue weighted by molar-refractivity contribution is 7.22. The van der Waals surface area contributed by atoms with E-state index in [9.17, 15) is 9.59 Å². The number of rotatable bonds is 4. The normalized spacial score (nSPS) is 16.3. The zero-order valence-electron chi connectivity index (χ0n) is 15.5. The predicted octanol–water partition coefficient (Wildman–Crippen LogP) is 3.50. The molecule has 1 saturated heterocycles. The van der Waals surface area contributed by atoms with Gasteiger partial charge in [-0.2, -0.15) is 5.10 Å². The number of aromatic amines is 1. The van der Waals surface area contributed by atoms with Crippen LogP contribution in [0.25, 0.3) is 31.6 Å². The van der Waals surface area contributed by atoms with Crippen LogP contribution in [0.15, 0.2) is 42.5 Å². The van der Waals surface area contributed by atoms with Crippen molar-refractivity contribution in [1.29, 1.82) is 0 Å². The number of carbonyl (C=O) groups excluding carboxylic acids is 2. The molecule has 1 aliphatic heterocycles. The molecule has 0 bridgehead atoms. The molecule has 2 aromatic heterocycles. The number of amides is 1. The van der Waals surface area contributed by atoms with Crippen molar-refractivity contribution in [1.82, 2.24) is 15.5 Å². The Balaban J connectivity index is 1.61. The van der Waals surface area contributed by atoms with E-state index in [4.69, 9.17) is 9.47 Å². The first kappa shape index (κ1) is 17.7. The predicted molar refractivity (Wildman–Crippen MR) is 110 cm³/mol. The van der Waals surface area contributed by atoms with Crippen LogP contribution in [0, 0.1) is 0 Å². The highest BCUT2D eigenvalue weighted by Gasteiger charge is 2.30. The minimum Gasteiger partial charge on any atom is -0.495 e. The van der Waals surface area contributed by atoms with Gasteiger partial charge >= 0.3 is 5.97 Å². The number of thiophene rings is 1. The van der Waals surface area contributed by atoms with Crippen molar-refractivity contribution in [2.24, 2.45) is 0 Å². The third-order valence-electron chi connectivity index (χ3n) is 5.04. The van der Waals surface area contributed by atoms with Gasteiger partial charge in [0.2, 0.25) is 0 Å². The molecule has 8 heteroatoms. The van der Waals surface area contributed by atoms with Crippen LogP contribution in [-0.4, -0.2) is 41.8 Å². The van der Waals surface area contributed by atoms with Crippen molar-refractivity contribution in [2.75, 3.05) is 13.7 Å². The van der Waals surface area contributed by atoms with Crippen LogP contribution in [0.5, 0.6) is 5.75 Å². The fourth-order valence-corrected chi connectivity index (χ4v) is 4.68. The quantitative estimate of drug-likeness (QED) is 0.505. The van der Waals surface area contributed by atoms with E-state index in [1.807, 2.05) is 12.1 Å². The highest BCUT2D eigenvalue weighted by atomic mass is 32.1. The van der Waals surface area contributed by atoms with E-state index in [0.29, 0.717) is 29.9 Å². The molecule has 0 radical (unpaired) electrons. The molecular formula is C21H17N3O4S. The number of cyclic esters (lactones) is 1. The summed E-state index contributed by atoms with van der Waals surface area (Å²) in [5.74, 6) is -0.365. The Labute approximate surface area is 169 Å². The summed E-state index contributed by atoms with van der Waals surface area (Å²) >= 11 is 1.64. The SMILES string of the molecule is COc1c(C(=O)NC2CCOC2=O)ccc2n[nH]c(-c3cc4ccccc4s3)c12. The molecule has 1 atom stereocenters. The lowest BCUT2D eigenvalue weighted by Crippen LogP contribution is -2.38. The lowest BCUT2D eigenvalue weighted by molar-refractivity contribution is -0.139. The van der Waals surface area contributed by atoms with Gasteiger partial charge in [-0.3, -0.25) is 9.89 Å². The minimum absolute atomic E-state index is 0.317. The average molecular weight is 407 g/mol. The Morgan fingerprint density at radius 1 is 1.31 bits per heavy atom. The third-order valence-corrected chi connectivity index (χ3v) is 6.17. The first-order valence-corrected chi connectivity index (χ1v) is 9.99. The zero-order chi connectivity index (χ0) is 20.0. The van der Waals surface area contributed by atoms with Gasteiger partial charge in [-0.15, -0.1) is 11.3 Å². The molecule has 1 unspecified atom stereocenters. The number of ether oxygens (including phenoxy) is 2. The molecule has 3 heterocycles. The van der Waals surface area contributed by atoms with Crippen LogP contribution in [0.1, 0.15) is 16.8 Å². The Morgan fingerprint density at radius 2 is 2.17 bits per heavy atom. The van der Waals surface area contributed by atoms with Gasteiger partial charge in [0.05, 0.1) is 40.8 Å². The third kappa shape index (κ3) is 2.92. The van der Waals surface area contributed by atoms with E-state index in [1.165, 1.54) is 7.11 Å². The molecule has 0 spiro atoms. The monoisotopic (exact) mass is 407 g/mol. The molecule has 7 nitrogen and oxygen atoms in total. The van der Waals surface area contributed by atoms with E-state index < -0.39 is 12.0 Å². The number of hydrogen-bond donors (Lipinski definition) is 2. The number of fused-ring (bicyclic) bond motifs is 2. The maximum absolute atomic E-state index is 12.9. The minimum atomic E-state index is -0.630. The van der Waals surface area contributed by atoms with E-state index in [1.54, 1.807) is 23.5 Å². The van der Waals surface area contributed by atoms with Gasteiger partial charge in [0.25, 0.3) is 5.91 Å². The summed E-state index contributed by atoms with van der Waals surface area (Å²) in [7, 11) is 1.52. The summed E-state index contributed by atoms with van der Waals surface area (Å²) in [6.07, 6.45) is 0.466.